The molecule has 2 aliphatic carbocycles. The summed E-state index contributed by atoms with van der Waals surface area (Å²) in [6, 6.07) is 23.1. The number of hydrogen-bond acceptors (Lipinski definition) is 0. The van der Waals surface area contributed by atoms with Crippen molar-refractivity contribution in [1.29, 1.82) is 0 Å². The molecule has 0 spiro atoms. The van der Waals surface area contributed by atoms with Crippen molar-refractivity contribution in [3.63, 3.8) is 0 Å². The summed E-state index contributed by atoms with van der Waals surface area (Å²) in [4.78, 5) is 0. The Morgan fingerprint density at radius 2 is 0.889 bits per heavy atom. The fraction of sp³-hybridized carbons (Fsp3) is 0.222. The van der Waals surface area contributed by atoms with Crippen molar-refractivity contribution < 1.29 is 74.4 Å². The molecule has 0 aliphatic heterocycles. The molecule has 2 unspecified atom stereocenters. The van der Waals surface area contributed by atoms with Gasteiger partial charge in [-0.2, -0.15) is 0 Å². The summed E-state index contributed by atoms with van der Waals surface area (Å²) in [5, 5.41) is 0. The minimum Gasteiger partial charge on any atom is -1.00 e. The van der Waals surface area contributed by atoms with E-state index in [1.807, 2.05) is 24.3 Å². The van der Waals surface area contributed by atoms with E-state index in [1.165, 1.54) is 22.3 Å². The van der Waals surface area contributed by atoms with Crippen molar-refractivity contribution in [2.75, 3.05) is 0 Å². The van der Waals surface area contributed by atoms with E-state index in [9.17, 15) is 26.3 Å². The van der Waals surface area contributed by atoms with Crippen molar-refractivity contribution in [3.8, 4) is 22.3 Å². The van der Waals surface area contributed by atoms with Gasteiger partial charge in [-0.25, -0.2) is 0 Å². The third-order valence-electron chi connectivity index (χ3n) is 8.50. The zero-order chi connectivity index (χ0) is 30.5. The van der Waals surface area contributed by atoms with Gasteiger partial charge in [0.2, 0.25) is 0 Å². The molecule has 0 heterocycles. The molecule has 4 aromatic rings. The summed E-state index contributed by atoms with van der Waals surface area (Å²) >= 11 is -1.22. The van der Waals surface area contributed by atoms with Gasteiger partial charge in [-0.3, -0.25) is 0 Å². The van der Waals surface area contributed by atoms with E-state index in [0.717, 1.165) is 70.5 Å². The van der Waals surface area contributed by atoms with Crippen LogP contribution in [0.25, 0.3) is 34.4 Å². The quantitative estimate of drug-likeness (QED) is 0.228. The predicted molar refractivity (Wildman–Crippen MR) is 156 cm³/mol. The molecule has 4 aromatic carbocycles. The van der Waals surface area contributed by atoms with Gasteiger partial charge in [0.05, 0.1) is 0 Å². The molecule has 6 rings (SSSR count). The van der Waals surface area contributed by atoms with E-state index in [4.69, 9.17) is 0 Å². The molecule has 0 bridgehead atoms. The minimum atomic E-state index is -4.38. The Hall–Kier alpha value is -2.60. The fourth-order valence-electron chi connectivity index (χ4n) is 6.28. The van der Waals surface area contributed by atoms with E-state index < -0.39 is 46.7 Å². The van der Waals surface area contributed by atoms with Crippen molar-refractivity contribution in [2.45, 2.75) is 46.3 Å². The molecule has 0 nitrogen and oxygen atoms in total. The van der Waals surface area contributed by atoms with Crippen LogP contribution in [0, 0.1) is 0 Å². The molecule has 0 N–H and O–H groups in total. The minimum absolute atomic E-state index is 0. The number of allylic oxidation sites excluding steroid dienone is 2. The largest absolute Gasteiger partial charge is 1.00 e. The van der Waals surface area contributed by atoms with Crippen molar-refractivity contribution in [3.05, 3.63) is 129 Å². The van der Waals surface area contributed by atoms with E-state index >= 15 is 0 Å². The number of halogens is 8. The zero-order valence-electron chi connectivity index (χ0n) is 24.3. The standard InChI is InChI=1S/2C18H14F3.2ClH.Zr/c2*1-2-12-10-14-4-3-5-16(17(14)11-12)13-6-8-15(9-7-13)18(19,20)21;;;/h2*3-11H,2H2,1H3;2*1H;/q;;;;+2/p-2. The first-order chi connectivity index (χ1) is 20.5. The van der Waals surface area contributed by atoms with Gasteiger partial charge in [0.25, 0.3) is 0 Å². The van der Waals surface area contributed by atoms with Gasteiger partial charge in [-0.15, -0.1) is 0 Å². The van der Waals surface area contributed by atoms with E-state index in [2.05, 4.69) is 38.1 Å². The third-order valence-corrected chi connectivity index (χ3v) is 13.5. The van der Waals surface area contributed by atoms with Gasteiger partial charge < -0.3 is 24.8 Å². The van der Waals surface area contributed by atoms with E-state index in [1.54, 1.807) is 24.3 Å². The van der Waals surface area contributed by atoms with E-state index in [-0.39, 0.29) is 24.8 Å². The Morgan fingerprint density at radius 3 is 1.20 bits per heavy atom. The second kappa shape index (κ2) is 13.6. The number of rotatable bonds is 6. The van der Waals surface area contributed by atoms with Gasteiger partial charge >= 0.3 is 260 Å². The Bertz CT molecular complexity index is 1610. The van der Waals surface area contributed by atoms with Crippen molar-refractivity contribution >= 4 is 12.2 Å². The van der Waals surface area contributed by atoms with Gasteiger partial charge in [-0.1, -0.05) is 0 Å². The van der Waals surface area contributed by atoms with Crippen LogP contribution in [0.5, 0.6) is 0 Å². The van der Waals surface area contributed by atoms with Crippen LogP contribution in [0.3, 0.4) is 0 Å². The Labute approximate surface area is 283 Å². The second-order valence-corrected chi connectivity index (χ2v) is 14.6. The first-order valence-corrected chi connectivity index (χ1v) is 17.1. The molecule has 0 aromatic heterocycles. The van der Waals surface area contributed by atoms with Crippen molar-refractivity contribution in [2.24, 2.45) is 0 Å². The number of benzene rings is 4. The van der Waals surface area contributed by atoms with Crippen LogP contribution < -0.4 is 24.8 Å². The molecular weight excluding hydrogens is 709 g/mol. The van der Waals surface area contributed by atoms with Crippen LogP contribution in [0.15, 0.2) is 96.1 Å². The summed E-state index contributed by atoms with van der Waals surface area (Å²) in [5.74, 6) is 0. The molecule has 0 radical (unpaired) electrons. The molecule has 0 amide bonds. The molecule has 2 aliphatic rings. The Balaban J connectivity index is 0.00000230. The number of hydrogen-bond donors (Lipinski definition) is 0. The molecule has 0 saturated carbocycles. The van der Waals surface area contributed by atoms with Crippen LogP contribution in [0.4, 0.5) is 26.3 Å². The number of fused-ring (bicyclic) bond motifs is 2. The van der Waals surface area contributed by atoms with Crippen LogP contribution in [0.1, 0.15) is 67.3 Å². The second-order valence-electron chi connectivity index (χ2n) is 10.9. The predicted octanol–water partition coefficient (Wildman–Crippen LogP) is 5.55. The normalized spacial score (nSPS) is 16.9. The first-order valence-electron chi connectivity index (χ1n) is 14.3. The van der Waals surface area contributed by atoms with Crippen molar-refractivity contribution in [1.82, 2.24) is 0 Å². The maximum absolute atomic E-state index is 13.2. The maximum atomic E-state index is 13.2. The van der Waals surface area contributed by atoms with Crippen LogP contribution in [-0.4, -0.2) is 0 Å². The topological polar surface area (TPSA) is 0 Å². The van der Waals surface area contributed by atoms with Crippen LogP contribution in [-0.2, 0) is 35.6 Å². The SMILES string of the molecule is CCC1=Cc2c(-c3ccc(C(F)(F)F)cc3)cccc2[CH]1[Zr+2][CH]1C(CC)=Cc2c(-c3ccc(C(F)(F)F)cc3)cccc21.[Cl-].[Cl-]. The summed E-state index contributed by atoms with van der Waals surface area (Å²) in [6.45, 7) is 4.31. The fourth-order valence-corrected chi connectivity index (χ4v) is 11.7. The summed E-state index contributed by atoms with van der Waals surface area (Å²) < 4.78 is 79.7. The average molecular weight is 737 g/mol. The molecule has 232 valence electrons. The van der Waals surface area contributed by atoms with Crippen LogP contribution in [0.2, 0.25) is 0 Å². The summed E-state index contributed by atoms with van der Waals surface area (Å²) in [5.41, 5.74) is 9.55. The zero-order valence-corrected chi connectivity index (χ0v) is 28.3. The molecule has 9 heteroatoms. The summed E-state index contributed by atoms with van der Waals surface area (Å²) in [6.07, 6.45) is -2.47. The number of alkyl halides is 6. The van der Waals surface area contributed by atoms with Gasteiger partial charge in [-0.05, 0) is 0 Å². The Kier molecular flexibility index (Phi) is 10.7. The molecule has 0 fully saturated rings. The molecule has 45 heavy (non-hydrogen) atoms. The van der Waals surface area contributed by atoms with Gasteiger partial charge in [0.15, 0.2) is 0 Å². The third kappa shape index (κ3) is 6.78. The smallest absolute Gasteiger partial charge is 1.00 e. The Morgan fingerprint density at radius 1 is 0.533 bits per heavy atom. The average Bonchev–Trinajstić information content (AvgIpc) is 3.54. The first kappa shape index (κ1) is 35.3. The molecule has 2 atom stereocenters. The molecular formula is C36H28Cl2F6Zr. The van der Waals surface area contributed by atoms with E-state index in [0.29, 0.717) is 7.25 Å². The molecule has 0 saturated heterocycles. The monoisotopic (exact) mass is 734 g/mol. The maximum Gasteiger partial charge on any atom is -1.00 e. The van der Waals surface area contributed by atoms with Gasteiger partial charge in [0.1, 0.15) is 0 Å². The summed E-state index contributed by atoms with van der Waals surface area (Å²) in [7, 11) is 0. The van der Waals surface area contributed by atoms with Crippen LogP contribution >= 0.6 is 0 Å². The van der Waals surface area contributed by atoms with Gasteiger partial charge in [0, 0.05) is 0 Å².